The molecule has 1 atom stereocenters. The number of carbonyl (C=O) groups excluding carboxylic acids is 1. The van der Waals surface area contributed by atoms with Crippen LogP contribution in [0.15, 0.2) is 29.6 Å². The normalized spacial score (nSPS) is 33.3. The van der Waals surface area contributed by atoms with E-state index in [1.165, 1.54) is 19.3 Å². The summed E-state index contributed by atoms with van der Waals surface area (Å²) >= 11 is 3.17. The van der Waals surface area contributed by atoms with Crippen molar-refractivity contribution in [3.05, 3.63) is 44.3 Å². The number of thiophene rings is 2. The summed E-state index contributed by atoms with van der Waals surface area (Å²) in [6.07, 6.45) is 6.87. The van der Waals surface area contributed by atoms with E-state index in [-0.39, 0.29) is 11.3 Å². The van der Waals surface area contributed by atoms with Crippen LogP contribution < -0.4 is 5.32 Å². The van der Waals surface area contributed by atoms with Crippen molar-refractivity contribution in [3.8, 4) is 0 Å². The summed E-state index contributed by atoms with van der Waals surface area (Å²) in [5.41, 5.74) is -0.0781. The maximum atomic E-state index is 13.0. The van der Waals surface area contributed by atoms with Crippen LogP contribution in [0.5, 0.6) is 0 Å². The van der Waals surface area contributed by atoms with Gasteiger partial charge in [0.15, 0.2) is 0 Å². The van der Waals surface area contributed by atoms with Crippen molar-refractivity contribution in [2.75, 3.05) is 0 Å². The van der Waals surface area contributed by atoms with Gasteiger partial charge >= 0.3 is 0 Å². The van der Waals surface area contributed by atoms with Gasteiger partial charge in [0.2, 0.25) is 5.91 Å². The molecule has 0 aliphatic heterocycles. The van der Waals surface area contributed by atoms with Crippen molar-refractivity contribution in [2.24, 2.45) is 23.2 Å². The Labute approximate surface area is 162 Å². The van der Waals surface area contributed by atoms with E-state index in [4.69, 9.17) is 0 Å². The van der Waals surface area contributed by atoms with Gasteiger partial charge in [-0.3, -0.25) is 4.79 Å². The predicted octanol–water partition coefficient (Wildman–Crippen LogP) is 4.72. The Morgan fingerprint density at radius 1 is 1.12 bits per heavy atom. The molecule has 4 bridgehead atoms. The topological polar surface area (TPSA) is 49.3 Å². The number of nitrogens with one attached hydrogen (secondary N) is 1. The van der Waals surface area contributed by atoms with E-state index in [0.717, 1.165) is 51.6 Å². The molecule has 138 valence electrons. The van der Waals surface area contributed by atoms with E-state index in [9.17, 15) is 9.90 Å². The molecule has 2 aromatic heterocycles. The Balaban J connectivity index is 1.24. The van der Waals surface area contributed by atoms with Crippen LogP contribution in [-0.4, -0.2) is 11.0 Å². The highest BCUT2D eigenvalue weighted by atomic mass is 32.1. The van der Waals surface area contributed by atoms with Crippen LogP contribution in [0.3, 0.4) is 0 Å². The quantitative estimate of drug-likeness (QED) is 0.780. The average molecular weight is 388 g/mol. The molecule has 0 spiro atoms. The van der Waals surface area contributed by atoms with E-state index >= 15 is 0 Å². The molecule has 0 saturated heterocycles. The smallest absolute Gasteiger partial charge is 0.226 e. The fourth-order valence-electron chi connectivity index (χ4n) is 5.97. The van der Waals surface area contributed by atoms with Crippen LogP contribution in [0, 0.1) is 23.2 Å². The molecule has 2 N–H and O–H groups in total. The number of amides is 1. The minimum atomic E-state index is -0.549. The Morgan fingerprint density at radius 3 is 2.42 bits per heavy atom. The van der Waals surface area contributed by atoms with Gasteiger partial charge in [0, 0.05) is 20.0 Å². The second-order valence-corrected chi connectivity index (χ2v) is 10.8. The first-order valence-electron chi connectivity index (χ1n) is 9.70. The molecule has 0 unspecified atom stereocenters. The van der Waals surface area contributed by atoms with Crippen molar-refractivity contribution in [2.45, 2.75) is 51.2 Å². The maximum absolute atomic E-state index is 13.0. The van der Waals surface area contributed by atoms with Gasteiger partial charge in [-0.2, -0.15) is 0 Å². The number of aliphatic hydroxyl groups excluding tert-OH is 1. The van der Waals surface area contributed by atoms with Gasteiger partial charge in [-0.25, -0.2) is 0 Å². The average Bonchev–Trinajstić information content (AvgIpc) is 3.30. The van der Waals surface area contributed by atoms with Gasteiger partial charge in [-0.1, -0.05) is 6.07 Å². The van der Waals surface area contributed by atoms with Crippen LogP contribution in [0.1, 0.15) is 59.3 Å². The summed E-state index contributed by atoms with van der Waals surface area (Å²) in [6.45, 7) is 0.586. The first-order chi connectivity index (χ1) is 12.6. The predicted molar refractivity (Wildman–Crippen MR) is 105 cm³/mol. The summed E-state index contributed by atoms with van der Waals surface area (Å²) in [5, 5.41) is 15.7. The Hall–Kier alpha value is -1.17. The number of carbonyl (C=O) groups is 1. The zero-order valence-corrected chi connectivity index (χ0v) is 16.5. The Kier molecular flexibility index (Phi) is 4.22. The highest BCUT2D eigenvalue weighted by Crippen LogP contribution is 2.60. The lowest BCUT2D eigenvalue weighted by Gasteiger charge is -2.55. The standard InChI is InChI=1S/C21H25NO2S2/c23-19(17-2-1-5-25-17)18-4-3-16(26-18)12-22-20(24)21-9-13-6-14(10-21)8-15(7-13)11-21/h1-5,13-15,19,23H,6-12H2,(H,22,24)/t13?,14?,15?,19-,21?/m1/s1. The van der Waals surface area contributed by atoms with Gasteiger partial charge in [0.05, 0.1) is 6.54 Å². The molecule has 2 heterocycles. The first kappa shape index (κ1) is 17.0. The van der Waals surface area contributed by atoms with Crippen LogP contribution in [0.4, 0.5) is 0 Å². The van der Waals surface area contributed by atoms with E-state index in [1.54, 1.807) is 22.7 Å². The lowest BCUT2D eigenvalue weighted by molar-refractivity contribution is -0.146. The second kappa shape index (κ2) is 6.47. The number of aliphatic hydroxyl groups is 1. The molecular formula is C21H25NO2S2. The second-order valence-electron chi connectivity index (χ2n) is 8.60. The fourth-order valence-corrected chi connectivity index (χ4v) is 7.73. The van der Waals surface area contributed by atoms with E-state index in [1.807, 2.05) is 29.6 Å². The third kappa shape index (κ3) is 2.94. The summed E-state index contributed by atoms with van der Waals surface area (Å²) in [5.74, 6) is 2.66. The summed E-state index contributed by atoms with van der Waals surface area (Å²) in [4.78, 5) is 16.1. The van der Waals surface area contributed by atoms with Crippen molar-refractivity contribution >= 4 is 28.6 Å². The van der Waals surface area contributed by atoms with Crippen molar-refractivity contribution in [3.63, 3.8) is 0 Å². The minimum Gasteiger partial charge on any atom is -0.382 e. The third-order valence-corrected chi connectivity index (χ3v) is 8.77. The lowest BCUT2D eigenvalue weighted by Crippen LogP contribution is -2.53. The fraction of sp³-hybridized carbons (Fsp3) is 0.571. The van der Waals surface area contributed by atoms with Gasteiger partial charge < -0.3 is 10.4 Å². The minimum absolute atomic E-state index is 0.0781. The Morgan fingerprint density at radius 2 is 1.81 bits per heavy atom. The van der Waals surface area contributed by atoms with E-state index < -0.39 is 6.10 Å². The van der Waals surface area contributed by atoms with Crippen molar-refractivity contribution in [1.82, 2.24) is 5.32 Å². The van der Waals surface area contributed by atoms with Gasteiger partial charge in [0.25, 0.3) is 0 Å². The van der Waals surface area contributed by atoms with E-state index in [0.29, 0.717) is 6.54 Å². The number of rotatable bonds is 5. The zero-order chi connectivity index (χ0) is 17.7. The highest BCUT2D eigenvalue weighted by Gasteiger charge is 2.54. The van der Waals surface area contributed by atoms with Crippen LogP contribution in [0.25, 0.3) is 0 Å². The molecule has 4 aliphatic rings. The third-order valence-electron chi connectivity index (χ3n) is 6.71. The summed E-state index contributed by atoms with van der Waals surface area (Å²) < 4.78 is 0. The SMILES string of the molecule is O=C(NCc1ccc([C@H](O)c2cccs2)s1)C12CC3CC(CC(C3)C1)C2. The van der Waals surface area contributed by atoms with Gasteiger partial charge in [0.1, 0.15) is 6.10 Å². The Bertz CT molecular complexity index is 760. The molecule has 0 aromatic carbocycles. The molecule has 26 heavy (non-hydrogen) atoms. The highest BCUT2D eigenvalue weighted by molar-refractivity contribution is 7.12. The lowest BCUT2D eigenvalue weighted by atomic mass is 9.49. The first-order valence-corrected chi connectivity index (χ1v) is 11.4. The molecule has 0 radical (unpaired) electrons. The molecule has 2 aromatic rings. The molecule has 4 fully saturated rings. The molecule has 3 nitrogen and oxygen atoms in total. The molecule has 5 heteroatoms. The molecule has 1 amide bonds. The van der Waals surface area contributed by atoms with Crippen molar-refractivity contribution < 1.29 is 9.90 Å². The van der Waals surface area contributed by atoms with Gasteiger partial charge in [-0.05, 0) is 79.9 Å². The van der Waals surface area contributed by atoms with Crippen LogP contribution in [-0.2, 0) is 11.3 Å². The summed E-state index contributed by atoms with van der Waals surface area (Å²) in [6, 6.07) is 7.95. The summed E-state index contributed by atoms with van der Waals surface area (Å²) in [7, 11) is 0. The molecule has 6 rings (SSSR count). The maximum Gasteiger partial charge on any atom is 0.226 e. The van der Waals surface area contributed by atoms with Crippen molar-refractivity contribution in [1.29, 1.82) is 0 Å². The van der Waals surface area contributed by atoms with Crippen LogP contribution >= 0.6 is 22.7 Å². The molecule has 4 aliphatic carbocycles. The number of hydrogen-bond donors (Lipinski definition) is 2. The monoisotopic (exact) mass is 387 g/mol. The van der Waals surface area contributed by atoms with E-state index in [2.05, 4.69) is 5.32 Å². The molecule has 4 saturated carbocycles. The van der Waals surface area contributed by atoms with Crippen LogP contribution in [0.2, 0.25) is 0 Å². The largest absolute Gasteiger partial charge is 0.382 e. The number of hydrogen-bond acceptors (Lipinski definition) is 4. The molecular weight excluding hydrogens is 362 g/mol. The zero-order valence-electron chi connectivity index (χ0n) is 14.8. The van der Waals surface area contributed by atoms with Gasteiger partial charge in [-0.15, -0.1) is 22.7 Å².